The molecule has 3 rings (SSSR count). The lowest BCUT2D eigenvalue weighted by Gasteiger charge is -2.24. The second-order valence-electron chi connectivity index (χ2n) is 5.88. The number of furan rings is 2. The molecule has 6 nitrogen and oxygen atoms in total. The maximum atomic E-state index is 13.0. The van der Waals surface area contributed by atoms with Crippen LogP contribution in [0.15, 0.2) is 63.1 Å². The summed E-state index contributed by atoms with van der Waals surface area (Å²) in [6.07, 6.45) is 3.33. The number of carbonyl (C=O) groups is 2. The van der Waals surface area contributed by atoms with Crippen molar-refractivity contribution in [3.05, 3.63) is 70.7 Å². The molecule has 0 aliphatic carbocycles. The highest BCUT2D eigenvalue weighted by molar-refractivity contribution is 7.10. The first-order valence-corrected chi connectivity index (χ1v) is 9.13. The monoisotopic (exact) mass is 372 g/mol. The van der Waals surface area contributed by atoms with Gasteiger partial charge in [0.2, 0.25) is 11.8 Å². The number of rotatable bonds is 8. The van der Waals surface area contributed by atoms with Gasteiger partial charge in [-0.15, -0.1) is 11.3 Å². The maximum absolute atomic E-state index is 13.0. The molecule has 3 aromatic rings. The van der Waals surface area contributed by atoms with Crippen LogP contribution in [0, 0.1) is 0 Å². The van der Waals surface area contributed by atoms with Crippen LogP contribution in [0.5, 0.6) is 0 Å². The molecule has 0 spiro atoms. The van der Waals surface area contributed by atoms with E-state index in [0.717, 1.165) is 4.88 Å². The molecule has 0 aliphatic heterocycles. The number of amides is 2. The molecule has 136 valence electrons. The van der Waals surface area contributed by atoms with Crippen LogP contribution in [0.25, 0.3) is 0 Å². The lowest BCUT2D eigenvalue weighted by Crippen LogP contribution is -2.35. The zero-order valence-corrected chi connectivity index (χ0v) is 15.2. The predicted molar refractivity (Wildman–Crippen MR) is 97.2 cm³/mol. The summed E-state index contributed by atoms with van der Waals surface area (Å²) in [4.78, 5) is 27.1. The van der Waals surface area contributed by atoms with E-state index in [-0.39, 0.29) is 24.3 Å². The van der Waals surface area contributed by atoms with E-state index in [1.54, 1.807) is 29.6 Å². The van der Waals surface area contributed by atoms with Crippen LogP contribution < -0.4 is 5.32 Å². The average molecular weight is 372 g/mol. The molecule has 3 heterocycles. The Bertz CT molecular complexity index is 774. The van der Waals surface area contributed by atoms with Crippen molar-refractivity contribution in [2.75, 3.05) is 0 Å². The van der Waals surface area contributed by atoms with E-state index in [9.17, 15) is 9.59 Å². The summed E-state index contributed by atoms with van der Waals surface area (Å²) in [7, 11) is 0. The number of hydrogen-bond acceptors (Lipinski definition) is 5. The summed E-state index contributed by atoms with van der Waals surface area (Å²) in [6.45, 7) is 2.13. The molecular formula is C19H20N2O4S. The van der Waals surface area contributed by atoms with Crippen LogP contribution in [0.4, 0.5) is 0 Å². The summed E-state index contributed by atoms with van der Waals surface area (Å²) in [5.74, 6) is 1.12. The van der Waals surface area contributed by atoms with Crippen LogP contribution in [0.3, 0.4) is 0 Å². The zero-order valence-electron chi connectivity index (χ0n) is 14.4. The van der Waals surface area contributed by atoms with E-state index < -0.39 is 0 Å². The van der Waals surface area contributed by atoms with Crippen molar-refractivity contribution in [3.63, 3.8) is 0 Å². The fourth-order valence-corrected chi connectivity index (χ4v) is 3.45. The summed E-state index contributed by atoms with van der Waals surface area (Å²) in [6, 6.07) is 10.7. The summed E-state index contributed by atoms with van der Waals surface area (Å²) in [5, 5.41) is 4.79. The van der Waals surface area contributed by atoms with Crippen molar-refractivity contribution in [2.45, 2.75) is 32.5 Å². The van der Waals surface area contributed by atoms with Gasteiger partial charge in [0.1, 0.15) is 11.5 Å². The molecule has 0 fully saturated rings. The SMILES string of the molecule is CC(=O)NC(CC(=O)N(Cc1ccco1)Cc1ccco1)c1cccs1. The van der Waals surface area contributed by atoms with Crippen LogP contribution in [0.2, 0.25) is 0 Å². The molecule has 0 saturated carbocycles. The maximum Gasteiger partial charge on any atom is 0.225 e. The molecule has 1 N–H and O–H groups in total. The molecule has 26 heavy (non-hydrogen) atoms. The first kappa shape index (κ1) is 18.0. The van der Waals surface area contributed by atoms with E-state index in [1.807, 2.05) is 29.6 Å². The van der Waals surface area contributed by atoms with Crippen molar-refractivity contribution < 1.29 is 18.4 Å². The zero-order chi connectivity index (χ0) is 18.4. The number of nitrogens with zero attached hydrogens (tertiary/aromatic N) is 1. The standard InChI is InChI=1S/C19H20N2O4S/c1-14(22)20-17(18-7-4-10-26-18)11-19(23)21(12-15-5-2-8-24-15)13-16-6-3-9-25-16/h2-10,17H,11-13H2,1H3,(H,20,22). The quantitative estimate of drug-likeness (QED) is 0.654. The predicted octanol–water partition coefficient (Wildman–Crippen LogP) is 3.73. The minimum absolute atomic E-state index is 0.0926. The van der Waals surface area contributed by atoms with Crippen LogP contribution in [0.1, 0.15) is 35.8 Å². The van der Waals surface area contributed by atoms with Gasteiger partial charge < -0.3 is 19.1 Å². The van der Waals surface area contributed by atoms with Gasteiger partial charge in [0.05, 0.1) is 38.1 Å². The molecule has 0 radical (unpaired) electrons. The normalized spacial score (nSPS) is 11.9. The van der Waals surface area contributed by atoms with Crippen LogP contribution >= 0.6 is 11.3 Å². The Morgan fingerprint density at radius 2 is 1.73 bits per heavy atom. The molecule has 7 heteroatoms. The third-order valence-electron chi connectivity index (χ3n) is 3.85. The second-order valence-corrected chi connectivity index (χ2v) is 6.86. The summed E-state index contributed by atoms with van der Waals surface area (Å²) >= 11 is 1.51. The van der Waals surface area contributed by atoms with Gasteiger partial charge in [-0.05, 0) is 35.7 Å². The molecule has 0 aromatic carbocycles. The van der Waals surface area contributed by atoms with Gasteiger partial charge in [0.25, 0.3) is 0 Å². The Morgan fingerprint density at radius 1 is 1.08 bits per heavy atom. The van der Waals surface area contributed by atoms with E-state index >= 15 is 0 Å². The Hall–Kier alpha value is -2.80. The molecule has 0 saturated heterocycles. The summed E-state index contributed by atoms with van der Waals surface area (Å²) < 4.78 is 10.8. The Kier molecular flexibility index (Phi) is 5.91. The highest BCUT2D eigenvalue weighted by atomic mass is 32.1. The highest BCUT2D eigenvalue weighted by Gasteiger charge is 2.23. The van der Waals surface area contributed by atoms with Crippen molar-refractivity contribution in [1.29, 1.82) is 0 Å². The van der Waals surface area contributed by atoms with Gasteiger partial charge in [-0.1, -0.05) is 6.07 Å². The largest absolute Gasteiger partial charge is 0.467 e. The average Bonchev–Trinajstić information content (AvgIpc) is 3.36. The first-order valence-electron chi connectivity index (χ1n) is 8.25. The molecule has 0 aliphatic rings. The number of hydrogen-bond donors (Lipinski definition) is 1. The van der Waals surface area contributed by atoms with E-state index in [2.05, 4.69) is 5.32 Å². The van der Waals surface area contributed by atoms with Gasteiger partial charge in [-0.25, -0.2) is 0 Å². The Morgan fingerprint density at radius 3 is 2.19 bits per heavy atom. The number of carbonyl (C=O) groups excluding carboxylic acids is 2. The summed E-state index contributed by atoms with van der Waals surface area (Å²) in [5.41, 5.74) is 0. The Labute approximate surface area is 155 Å². The number of thiophene rings is 1. The van der Waals surface area contributed by atoms with Gasteiger partial charge in [0.15, 0.2) is 0 Å². The first-order chi connectivity index (χ1) is 12.6. The molecule has 3 aromatic heterocycles. The molecule has 1 atom stereocenters. The third kappa shape index (κ3) is 4.86. The van der Waals surface area contributed by atoms with Gasteiger partial charge in [-0.3, -0.25) is 9.59 Å². The van der Waals surface area contributed by atoms with Gasteiger partial charge in [0, 0.05) is 11.8 Å². The Balaban J connectivity index is 1.75. The van der Waals surface area contributed by atoms with Crippen molar-refractivity contribution >= 4 is 23.2 Å². The van der Waals surface area contributed by atoms with Gasteiger partial charge >= 0.3 is 0 Å². The highest BCUT2D eigenvalue weighted by Crippen LogP contribution is 2.24. The minimum Gasteiger partial charge on any atom is -0.467 e. The molecule has 2 amide bonds. The topological polar surface area (TPSA) is 75.7 Å². The van der Waals surface area contributed by atoms with E-state index in [4.69, 9.17) is 8.83 Å². The van der Waals surface area contributed by atoms with Gasteiger partial charge in [-0.2, -0.15) is 0 Å². The van der Waals surface area contributed by atoms with Crippen LogP contribution in [-0.4, -0.2) is 16.7 Å². The number of nitrogens with one attached hydrogen (secondary N) is 1. The van der Waals surface area contributed by atoms with E-state index in [1.165, 1.54) is 18.3 Å². The molecule has 1 unspecified atom stereocenters. The fraction of sp³-hybridized carbons (Fsp3) is 0.263. The molecule has 0 bridgehead atoms. The van der Waals surface area contributed by atoms with Crippen molar-refractivity contribution in [1.82, 2.24) is 10.2 Å². The second kappa shape index (κ2) is 8.53. The lowest BCUT2D eigenvalue weighted by atomic mass is 10.1. The minimum atomic E-state index is -0.351. The lowest BCUT2D eigenvalue weighted by molar-refractivity contribution is -0.133. The van der Waals surface area contributed by atoms with Crippen molar-refractivity contribution in [3.8, 4) is 0 Å². The third-order valence-corrected chi connectivity index (χ3v) is 4.84. The fourth-order valence-electron chi connectivity index (χ4n) is 2.67. The van der Waals surface area contributed by atoms with E-state index in [0.29, 0.717) is 24.6 Å². The molecular weight excluding hydrogens is 352 g/mol. The smallest absolute Gasteiger partial charge is 0.225 e. The van der Waals surface area contributed by atoms with Crippen molar-refractivity contribution in [2.24, 2.45) is 0 Å². The van der Waals surface area contributed by atoms with Crippen LogP contribution in [-0.2, 0) is 22.7 Å².